The Morgan fingerprint density at radius 3 is 2.36 bits per heavy atom. The first-order valence-electron chi connectivity index (χ1n) is 12.9. The van der Waals surface area contributed by atoms with E-state index in [1.165, 1.54) is 0 Å². The molecule has 0 bridgehead atoms. The van der Waals surface area contributed by atoms with Gasteiger partial charge < -0.3 is 41.0 Å². The monoisotopic (exact) mass is 538 g/mol. The Bertz CT molecular complexity index is 1110. The molecule has 3 aromatic rings. The molecule has 210 valence electrons. The minimum absolute atomic E-state index is 0.156. The molecule has 13 nitrogen and oxygen atoms in total. The van der Waals surface area contributed by atoms with Gasteiger partial charge in [0, 0.05) is 57.2 Å². The molecule has 2 heterocycles. The van der Waals surface area contributed by atoms with Crippen LogP contribution in [0, 0.1) is 0 Å². The number of benzene rings is 1. The molecule has 39 heavy (non-hydrogen) atoms. The molecule has 0 aliphatic heterocycles. The molecule has 13 heteroatoms. The average Bonchev–Trinajstić information content (AvgIpc) is 3.48. The van der Waals surface area contributed by atoms with Crippen LogP contribution >= 0.6 is 0 Å². The summed E-state index contributed by atoms with van der Waals surface area (Å²) in [4.78, 5) is 29.8. The number of nitrogens with zero attached hydrogens (tertiary/aromatic N) is 5. The second-order valence-corrected chi connectivity index (χ2v) is 8.38. The van der Waals surface area contributed by atoms with Gasteiger partial charge in [-0.25, -0.2) is 4.98 Å². The molecule has 6 N–H and O–H groups in total. The number of hydrogen-bond donors (Lipinski definition) is 5. The third-order valence-corrected chi connectivity index (χ3v) is 5.31. The van der Waals surface area contributed by atoms with Crippen LogP contribution in [0.5, 0.6) is 0 Å². The third kappa shape index (κ3) is 11.5. The van der Waals surface area contributed by atoms with Gasteiger partial charge in [-0.3, -0.25) is 4.79 Å². The van der Waals surface area contributed by atoms with Gasteiger partial charge in [0.15, 0.2) is 0 Å². The van der Waals surface area contributed by atoms with E-state index in [4.69, 9.17) is 15.2 Å². The number of anilines is 3. The molecule has 0 atom stereocenters. The van der Waals surface area contributed by atoms with Crippen molar-refractivity contribution in [2.45, 2.75) is 19.5 Å². The van der Waals surface area contributed by atoms with E-state index >= 15 is 0 Å². The van der Waals surface area contributed by atoms with Crippen LogP contribution in [0.4, 0.5) is 17.8 Å². The molecule has 2 aromatic heterocycles. The number of ether oxygens (including phenoxy) is 2. The average molecular weight is 539 g/mol. The van der Waals surface area contributed by atoms with Gasteiger partial charge in [-0.05, 0) is 24.1 Å². The Labute approximate surface area is 228 Å². The molecular formula is C26H38N10O3. The molecule has 0 saturated heterocycles. The van der Waals surface area contributed by atoms with E-state index in [9.17, 15) is 4.79 Å². The van der Waals surface area contributed by atoms with Crippen molar-refractivity contribution < 1.29 is 14.3 Å². The summed E-state index contributed by atoms with van der Waals surface area (Å²) in [6.07, 6.45) is 8.11. The van der Waals surface area contributed by atoms with E-state index in [0.29, 0.717) is 82.6 Å². The molecule has 1 aromatic carbocycles. The molecule has 0 aliphatic carbocycles. The lowest BCUT2D eigenvalue weighted by Gasteiger charge is -2.11. The largest absolute Gasteiger partial charge is 0.378 e. The summed E-state index contributed by atoms with van der Waals surface area (Å²) in [6.45, 7) is 9.06. The fourth-order valence-corrected chi connectivity index (χ4v) is 3.36. The van der Waals surface area contributed by atoms with Crippen LogP contribution in [0.15, 0.2) is 55.6 Å². The summed E-state index contributed by atoms with van der Waals surface area (Å²) in [5.41, 5.74) is 6.90. The van der Waals surface area contributed by atoms with Crippen LogP contribution in [0.25, 0.3) is 0 Å². The molecule has 3 rings (SSSR count). The lowest BCUT2D eigenvalue weighted by molar-refractivity contribution is 0.0511. The molecule has 1 amide bonds. The van der Waals surface area contributed by atoms with E-state index in [2.05, 4.69) is 47.8 Å². The van der Waals surface area contributed by atoms with Crippen LogP contribution in [0.3, 0.4) is 0 Å². The van der Waals surface area contributed by atoms with Crippen molar-refractivity contribution in [1.82, 2.24) is 29.8 Å². The Morgan fingerprint density at radius 2 is 1.67 bits per heavy atom. The van der Waals surface area contributed by atoms with Gasteiger partial charge in [-0.1, -0.05) is 18.2 Å². The number of rotatable bonds is 20. The van der Waals surface area contributed by atoms with Crippen molar-refractivity contribution in [2.75, 3.05) is 68.6 Å². The highest BCUT2D eigenvalue weighted by atomic mass is 16.5. The second-order valence-electron chi connectivity index (χ2n) is 8.38. The van der Waals surface area contributed by atoms with Gasteiger partial charge in [-0.15, -0.1) is 6.58 Å². The van der Waals surface area contributed by atoms with Crippen LogP contribution in [-0.4, -0.2) is 83.0 Å². The minimum Gasteiger partial charge on any atom is -0.378 e. The van der Waals surface area contributed by atoms with E-state index < -0.39 is 0 Å². The van der Waals surface area contributed by atoms with Crippen molar-refractivity contribution in [3.05, 3.63) is 66.8 Å². The maximum absolute atomic E-state index is 12.4. The molecule has 0 fully saturated rings. The molecule has 0 aliphatic rings. The number of amides is 1. The summed E-state index contributed by atoms with van der Waals surface area (Å²) in [6, 6.07) is 7.35. The Hall–Kier alpha value is -4.07. The summed E-state index contributed by atoms with van der Waals surface area (Å²) in [5.74, 6) is 1.20. The fraction of sp³-hybridized carbons (Fsp3) is 0.423. The highest BCUT2D eigenvalue weighted by Crippen LogP contribution is 2.12. The third-order valence-electron chi connectivity index (χ3n) is 5.31. The number of imidazole rings is 1. The maximum Gasteiger partial charge on any atom is 0.251 e. The zero-order valence-electron chi connectivity index (χ0n) is 22.1. The number of aryl methyl sites for hydroxylation is 1. The number of aromatic nitrogens is 5. The molecule has 0 saturated carbocycles. The summed E-state index contributed by atoms with van der Waals surface area (Å²) >= 11 is 0. The van der Waals surface area contributed by atoms with Gasteiger partial charge in [-0.2, -0.15) is 15.0 Å². The summed E-state index contributed by atoms with van der Waals surface area (Å²) < 4.78 is 12.7. The number of hydrogen-bond acceptors (Lipinski definition) is 11. The van der Waals surface area contributed by atoms with Gasteiger partial charge in [0.25, 0.3) is 5.91 Å². The van der Waals surface area contributed by atoms with E-state index in [0.717, 1.165) is 18.5 Å². The second kappa shape index (κ2) is 17.4. The van der Waals surface area contributed by atoms with Crippen LogP contribution in [0.1, 0.15) is 22.3 Å². The zero-order chi connectivity index (χ0) is 27.5. The lowest BCUT2D eigenvalue weighted by atomic mass is 10.1. The van der Waals surface area contributed by atoms with Gasteiger partial charge in [0.05, 0.1) is 32.8 Å². The number of carbonyl (C=O) groups excluding carboxylic acids is 1. The van der Waals surface area contributed by atoms with Crippen LogP contribution in [-0.2, 0) is 22.6 Å². The summed E-state index contributed by atoms with van der Waals surface area (Å²) in [7, 11) is 0. The lowest BCUT2D eigenvalue weighted by Crippen LogP contribution is -2.27. The normalized spacial score (nSPS) is 10.7. The van der Waals surface area contributed by atoms with E-state index in [-0.39, 0.29) is 5.91 Å². The fourth-order valence-electron chi connectivity index (χ4n) is 3.36. The van der Waals surface area contributed by atoms with Crippen molar-refractivity contribution in [1.29, 1.82) is 0 Å². The standard InChI is InChI=1S/C26H38N10O3/c1-2-9-30-24-33-25(31-10-3-13-36-14-11-28-20-36)35-26(34-24)32-19-21-4-6-22(7-5-21)23(37)29-12-16-39-18-17-38-15-8-27/h2,4-7,11,14,20H,1,3,8-10,12-13,15-19,27H2,(H,29,37)(H3,30,31,32,33,34,35). The van der Waals surface area contributed by atoms with Gasteiger partial charge in [0.2, 0.25) is 17.8 Å². The number of nitrogens with one attached hydrogen (secondary N) is 4. The topological polar surface area (TPSA) is 166 Å². The predicted molar refractivity (Wildman–Crippen MR) is 151 cm³/mol. The number of carbonyl (C=O) groups is 1. The zero-order valence-corrected chi connectivity index (χ0v) is 22.1. The Morgan fingerprint density at radius 1 is 0.949 bits per heavy atom. The Kier molecular flexibility index (Phi) is 13.2. The predicted octanol–water partition coefficient (Wildman–Crippen LogP) is 1.50. The van der Waals surface area contributed by atoms with Crippen LogP contribution < -0.4 is 27.0 Å². The van der Waals surface area contributed by atoms with Crippen molar-refractivity contribution >= 4 is 23.8 Å². The van der Waals surface area contributed by atoms with Crippen molar-refractivity contribution in [2.24, 2.45) is 5.73 Å². The van der Waals surface area contributed by atoms with Gasteiger partial charge in [0.1, 0.15) is 0 Å². The van der Waals surface area contributed by atoms with E-state index in [1.54, 1.807) is 30.7 Å². The SMILES string of the molecule is C=CCNc1nc(NCCCn2ccnc2)nc(NCc2ccc(C(=O)NCCOCCOCCN)cc2)n1. The number of nitrogens with two attached hydrogens (primary N) is 1. The summed E-state index contributed by atoms with van der Waals surface area (Å²) in [5, 5.41) is 12.4. The molecule has 0 spiro atoms. The first-order chi connectivity index (χ1) is 19.2. The maximum atomic E-state index is 12.4. The van der Waals surface area contributed by atoms with E-state index in [1.807, 2.05) is 22.9 Å². The highest BCUT2D eigenvalue weighted by molar-refractivity contribution is 5.94. The highest BCUT2D eigenvalue weighted by Gasteiger charge is 2.08. The van der Waals surface area contributed by atoms with Crippen LogP contribution in [0.2, 0.25) is 0 Å². The quantitative estimate of drug-likeness (QED) is 0.104. The molecular weight excluding hydrogens is 500 g/mol. The first kappa shape index (κ1) is 29.5. The Balaban J connectivity index is 1.44. The van der Waals surface area contributed by atoms with Gasteiger partial charge >= 0.3 is 0 Å². The first-order valence-corrected chi connectivity index (χ1v) is 12.9. The smallest absolute Gasteiger partial charge is 0.251 e. The van der Waals surface area contributed by atoms with Crippen molar-refractivity contribution in [3.8, 4) is 0 Å². The molecule has 0 unspecified atom stereocenters. The molecule has 0 radical (unpaired) electrons. The van der Waals surface area contributed by atoms with Crippen molar-refractivity contribution in [3.63, 3.8) is 0 Å². The minimum atomic E-state index is -0.156.